The van der Waals surface area contributed by atoms with Crippen LogP contribution in [0.25, 0.3) is 0 Å². The molecule has 0 amide bonds. The molecule has 0 saturated carbocycles. The summed E-state index contributed by atoms with van der Waals surface area (Å²) in [6.07, 6.45) is 0. The van der Waals surface area contributed by atoms with Crippen molar-refractivity contribution in [3.8, 4) is 0 Å². The zero-order valence-corrected chi connectivity index (χ0v) is 7.78. The summed E-state index contributed by atoms with van der Waals surface area (Å²) in [5, 5.41) is 0. The molecule has 0 bridgehead atoms. The molecule has 0 radical (unpaired) electrons. The van der Waals surface area contributed by atoms with Crippen molar-refractivity contribution in [2.75, 3.05) is 13.2 Å². The van der Waals surface area contributed by atoms with Gasteiger partial charge in [0.05, 0.1) is 13.2 Å². The van der Waals surface area contributed by atoms with Crippen LogP contribution in [-0.4, -0.2) is 18.9 Å². The van der Waals surface area contributed by atoms with Crippen molar-refractivity contribution in [2.45, 2.75) is 33.4 Å². The summed E-state index contributed by atoms with van der Waals surface area (Å²) >= 11 is 0. The van der Waals surface area contributed by atoms with Crippen molar-refractivity contribution in [3.05, 3.63) is 0 Å². The van der Waals surface area contributed by atoms with Crippen molar-refractivity contribution in [3.63, 3.8) is 0 Å². The first-order valence-corrected chi connectivity index (χ1v) is 4.11. The van der Waals surface area contributed by atoms with E-state index in [1.807, 2.05) is 0 Å². The van der Waals surface area contributed by atoms with Gasteiger partial charge in [0.2, 0.25) is 0 Å². The van der Waals surface area contributed by atoms with E-state index in [0.717, 1.165) is 0 Å². The van der Waals surface area contributed by atoms with Gasteiger partial charge in [-0.1, -0.05) is 20.8 Å². The standard InChI is InChI=1S/C9H17FO/c1-8(2,3)7-5-11-6-9(7,4)10/h7H,5-6H2,1-4H3. The summed E-state index contributed by atoms with van der Waals surface area (Å²) in [5.41, 5.74) is -1.11. The second kappa shape index (κ2) is 2.44. The molecular weight excluding hydrogens is 143 g/mol. The number of hydrogen-bond donors (Lipinski definition) is 0. The number of alkyl halides is 1. The molecule has 0 aromatic rings. The normalized spacial score (nSPS) is 39.5. The molecule has 1 saturated heterocycles. The predicted octanol–water partition coefficient (Wildman–Crippen LogP) is 2.41. The highest BCUT2D eigenvalue weighted by Crippen LogP contribution is 2.41. The van der Waals surface area contributed by atoms with Crippen LogP contribution < -0.4 is 0 Å². The van der Waals surface area contributed by atoms with Crippen LogP contribution in [0, 0.1) is 11.3 Å². The van der Waals surface area contributed by atoms with E-state index in [2.05, 4.69) is 20.8 Å². The Morgan fingerprint density at radius 1 is 1.45 bits per heavy atom. The predicted molar refractivity (Wildman–Crippen MR) is 43.3 cm³/mol. The van der Waals surface area contributed by atoms with Gasteiger partial charge in [-0.25, -0.2) is 4.39 Å². The SMILES string of the molecule is CC(C)(C)C1COCC1(C)F. The molecule has 1 aliphatic rings. The van der Waals surface area contributed by atoms with Crippen LogP contribution in [0.3, 0.4) is 0 Å². The average Bonchev–Trinajstić information content (AvgIpc) is 2.06. The van der Waals surface area contributed by atoms with Crippen molar-refractivity contribution < 1.29 is 9.13 Å². The van der Waals surface area contributed by atoms with Crippen molar-refractivity contribution in [1.29, 1.82) is 0 Å². The molecule has 1 nitrogen and oxygen atoms in total. The summed E-state index contributed by atoms with van der Waals surface area (Å²) in [5.74, 6) is 0.0370. The minimum atomic E-state index is -1.13. The van der Waals surface area contributed by atoms with E-state index in [4.69, 9.17) is 4.74 Å². The maximum absolute atomic E-state index is 13.6. The Morgan fingerprint density at radius 3 is 2.18 bits per heavy atom. The van der Waals surface area contributed by atoms with Crippen molar-refractivity contribution >= 4 is 0 Å². The fourth-order valence-electron chi connectivity index (χ4n) is 1.80. The third-order valence-corrected chi connectivity index (χ3v) is 2.44. The topological polar surface area (TPSA) is 9.23 Å². The van der Waals surface area contributed by atoms with E-state index in [-0.39, 0.29) is 17.9 Å². The first-order valence-electron chi connectivity index (χ1n) is 4.11. The number of rotatable bonds is 0. The zero-order chi connectivity index (χ0) is 8.70. The smallest absolute Gasteiger partial charge is 0.136 e. The molecular formula is C9H17FO. The maximum atomic E-state index is 13.6. The van der Waals surface area contributed by atoms with Crippen LogP contribution in [0.15, 0.2) is 0 Å². The molecule has 0 aliphatic carbocycles. The zero-order valence-electron chi connectivity index (χ0n) is 7.78. The highest BCUT2D eigenvalue weighted by molar-refractivity contribution is 4.93. The van der Waals surface area contributed by atoms with Crippen molar-refractivity contribution in [1.82, 2.24) is 0 Å². The lowest BCUT2D eigenvalue weighted by atomic mass is 9.74. The number of hydrogen-bond acceptors (Lipinski definition) is 1. The number of halogens is 1. The van der Waals surface area contributed by atoms with Crippen LogP contribution in [0.2, 0.25) is 0 Å². The van der Waals surface area contributed by atoms with Crippen LogP contribution >= 0.6 is 0 Å². The monoisotopic (exact) mass is 160 g/mol. The molecule has 1 rings (SSSR count). The lowest BCUT2D eigenvalue weighted by molar-refractivity contribution is 0.0717. The summed E-state index contributed by atoms with van der Waals surface area (Å²) in [7, 11) is 0. The van der Waals surface area contributed by atoms with Crippen LogP contribution in [0.1, 0.15) is 27.7 Å². The molecule has 2 atom stereocenters. The minimum absolute atomic E-state index is 0.0139. The Bertz CT molecular complexity index is 146. The molecule has 1 aliphatic heterocycles. The Labute approximate surface area is 67.9 Å². The van der Waals surface area contributed by atoms with Gasteiger partial charge in [-0.15, -0.1) is 0 Å². The van der Waals surface area contributed by atoms with E-state index in [1.165, 1.54) is 0 Å². The van der Waals surface area contributed by atoms with Gasteiger partial charge in [-0.05, 0) is 12.3 Å². The maximum Gasteiger partial charge on any atom is 0.136 e. The summed E-state index contributed by atoms with van der Waals surface area (Å²) in [6, 6.07) is 0. The van der Waals surface area contributed by atoms with Gasteiger partial charge in [-0.2, -0.15) is 0 Å². The molecule has 2 unspecified atom stereocenters. The second-order valence-electron chi connectivity index (χ2n) is 4.71. The molecule has 1 fully saturated rings. The fourth-order valence-corrected chi connectivity index (χ4v) is 1.80. The molecule has 0 aromatic heterocycles. The quantitative estimate of drug-likeness (QED) is 0.528. The lowest BCUT2D eigenvalue weighted by Crippen LogP contribution is -2.37. The van der Waals surface area contributed by atoms with Gasteiger partial charge in [0.25, 0.3) is 0 Å². The van der Waals surface area contributed by atoms with E-state index < -0.39 is 5.67 Å². The Hall–Kier alpha value is -0.110. The van der Waals surface area contributed by atoms with Crippen LogP contribution in [0.5, 0.6) is 0 Å². The molecule has 0 N–H and O–H groups in total. The summed E-state index contributed by atoms with van der Waals surface area (Å²) in [6.45, 7) is 8.64. The molecule has 0 spiro atoms. The Kier molecular flexibility index (Phi) is 1.99. The van der Waals surface area contributed by atoms with E-state index in [9.17, 15) is 4.39 Å². The Balaban J connectivity index is 2.73. The highest BCUT2D eigenvalue weighted by atomic mass is 19.1. The molecule has 11 heavy (non-hydrogen) atoms. The fraction of sp³-hybridized carbons (Fsp3) is 1.00. The van der Waals surface area contributed by atoms with Gasteiger partial charge in [0, 0.05) is 5.92 Å². The van der Waals surface area contributed by atoms with Gasteiger partial charge in [0.15, 0.2) is 0 Å². The van der Waals surface area contributed by atoms with Crippen molar-refractivity contribution in [2.24, 2.45) is 11.3 Å². The summed E-state index contributed by atoms with van der Waals surface area (Å²) in [4.78, 5) is 0. The first kappa shape index (κ1) is 8.98. The van der Waals surface area contributed by atoms with E-state index in [0.29, 0.717) is 6.61 Å². The summed E-state index contributed by atoms with van der Waals surface area (Å²) < 4.78 is 18.8. The van der Waals surface area contributed by atoms with Gasteiger partial charge >= 0.3 is 0 Å². The third kappa shape index (κ3) is 1.73. The Morgan fingerprint density at radius 2 is 2.00 bits per heavy atom. The van der Waals surface area contributed by atoms with Crippen LogP contribution in [-0.2, 0) is 4.74 Å². The van der Waals surface area contributed by atoms with Gasteiger partial charge < -0.3 is 4.74 Å². The third-order valence-electron chi connectivity index (χ3n) is 2.44. The average molecular weight is 160 g/mol. The van der Waals surface area contributed by atoms with E-state index >= 15 is 0 Å². The largest absolute Gasteiger partial charge is 0.378 e. The molecule has 2 heteroatoms. The molecule has 1 heterocycles. The highest BCUT2D eigenvalue weighted by Gasteiger charge is 2.46. The first-order chi connectivity index (χ1) is 4.84. The number of ether oxygens (including phenoxy) is 1. The molecule has 0 aromatic carbocycles. The second-order valence-corrected chi connectivity index (χ2v) is 4.71. The molecule has 66 valence electrons. The lowest BCUT2D eigenvalue weighted by Gasteiger charge is -2.32. The van der Waals surface area contributed by atoms with Crippen LogP contribution in [0.4, 0.5) is 4.39 Å². The minimum Gasteiger partial charge on any atom is -0.378 e. The van der Waals surface area contributed by atoms with Gasteiger partial charge in [-0.3, -0.25) is 0 Å². The van der Waals surface area contributed by atoms with Gasteiger partial charge in [0.1, 0.15) is 5.67 Å². The van der Waals surface area contributed by atoms with E-state index in [1.54, 1.807) is 6.92 Å².